The van der Waals surface area contributed by atoms with Crippen molar-refractivity contribution in [1.29, 1.82) is 0 Å². The van der Waals surface area contributed by atoms with E-state index in [1.165, 1.54) is 18.2 Å². The molecule has 7 heteroatoms. The summed E-state index contributed by atoms with van der Waals surface area (Å²) in [5, 5.41) is 0.187. The number of benzene rings is 2. The van der Waals surface area contributed by atoms with Gasteiger partial charge >= 0.3 is 0 Å². The monoisotopic (exact) mass is 328 g/mol. The molecule has 0 radical (unpaired) electrons. The fourth-order valence-corrected chi connectivity index (χ4v) is 3.48. The first-order valence-corrected chi connectivity index (χ1v) is 7.91. The molecular weight excluding hydrogens is 315 g/mol. The van der Waals surface area contributed by atoms with E-state index in [1.54, 1.807) is 19.9 Å². The lowest BCUT2D eigenvalue weighted by molar-refractivity contribution is 0.598. The first-order chi connectivity index (χ1) is 9.70. The first kappa shape index (κ1) is 15.6. The lowest BCUT2D eigenvalue weighted by atomic mass is 10.1. The Labute approximate surface area is 127 Å². The first-order valence-electron chi connectivity index (χ1n) is 6.05. The molecule has 3 N–H and O–H groups in total. The molecule has 0 aliphatic rings. The summed E-state index contributed by atoms with van der Waals surface area (Å²) in [6.45, 7) is 3.43. The zero-order valence-corrected chi connectivity index (χ0v) is 13.0. The van der Waals surface area contributed by atoms with E-state index in [9.17, 15) is 12.8 Å². The van der Waals surface area contributed by atoms with Crippen LogP contribution in [-0.2, 0) is 10.0 Å². The zero-order valence-electron chi connectivity index (χ0n) is 11.4. The Kier molecular flexibility index (Phi) is 4.11. The van der Waals surface area contributed by atoms with E-state index in [0.717, 1.165) is 11.6 Å². The lowest BCUT2D eigenvalue weighted by Gasteiger charge is -2.13. The van der Waals surface area contributed by atoms with E-state index in [0.29, 0.717) is 11.3 Å². The third-order valence-electron chi connectivity index (χ3n) is 3.11. The predicted octanol–water partition coefficient (Wildman–Crippen LogP) is 3.48. The van der Waals surface area contributed by atoms with E-state index in [4.69, 9.17) is 17.3 Å². The predicted molar refractivity (Wildman–Crippen MR) is 82.5 cm³/mol. The average Bonchev–Trinajstić information content (AvgIpc) is 2.37. The number of nitrogens with two attached hydrogens (primary N) is 1. The summed E-state index contributed by atoms with van der Waals surface area (Å²) in [5.41, 5.74) is 7.15. The Morgan fingerprint density at radius 3 is 2.48 bits per heavy atom. The van der Waals surface area contributed by atoms with Gasteiger partial charge in [-0.2, -0.15) is 0 Å². The van der Waals surface area contributed by atoms with Gasteiger partial charge in [-0.1, -0.05) is 11.6 Å². The molecule has 0 aromatic heterocycles. The largest absolute Gasteiger partial charge is 0.399 e. The second kappa shape index (κ2) is 5.54. The van der Waals surface area contributed by atoms with Crippen molar-refractivity contribution in [2.45, 2.75) is 18.7 Å². The molecule has 0 aliphatic carbocycles. The van der Waals surface area contributed by atoms with Gasteiger partial charge in [0, 0.05) is 10.7 Å². The minimum atomic E-state index is -3.94. The number of anilines is 2. The molecule has 0 aliphatic heterocycles. The lowest BCUT2D eigenvalue weighted by Crippen LogP contribution is -2.16. The molecule has 0 saturated heterocycles. The molecule has 0 amide bonds. The number of hydrogen-bond acceptors (Lipinski definition) is 3. The van der Waals surface area contributed by atoms with Gasteiger partial charge < -0.3 is 5.73 Å². The topological polar surface area (TPSA) is 72.2 Å². The number of sulfonamides is 1. The van der Waals surface area contributed by atoms with E-state index >= 15 is 0 Å². The van der Waals surface area contributed by atoms with Crippen LogP contribution < -0.4 is 10.5 Å². The van der Waals surface area contributed by atoms with Crippen molar-refractivity contribution in [3.05, 3.63) is 52.3 Å². The van der Waals surface area contributed by atoms with Gasteiger partial charge in [-0.3, -0.25) is 4.72 Å². The molecule has 2 rings (SSSR count). The molecule has 0 heterocycles. The van der Waals surface area contributed by atoms with Crippen molar-refractivity contribution in [1.82, 2.24) is 0 Å². The Balaban J connectivity index is 2.48. The molecular formula is C14H14ClFN2O2S. The van der Waals surface area contributed by atoms with Crippen LogP contribution in [0.1, 0.15) is 11.1 Å². The highest BCUT2D eigenvalue weighted by atomic mass is 35.5. The summed E-state index contributed by atoms with van der Waals surface area (Å²) >= 11 is 5.64. The van der Waals surface area contributed by atoms with Gasteiger partial charge in [0.15, 0.2) is 0 Å². The molecule has 0 spiro atoms. The summed E-state index contributed by atoms with van der Waals surface area (Å²) in [5.74, 6) is -0.746. The number of nitrogens with one attached hydrogen (secondary N) is 1. The normalized spacial score (nSPS) is 11.4. The fraction of sp³-hybridized carbons (Fsp3) is 0.143. The van der Waals surface area contributed by atoms with Crippen LogP contribution >= 0.6 is 11.6 Å². The third-order valence-corrected chi connectivity index (χ3v) is 4.83. The van der Waals surface area contributed by atoms with E-state index in [2.05, 4.69) is 4.72 Å². The standard InChI is InChI=1S/C14H14ClFN2O2S/c1-8-5-11(17)7-14(9(8)2)21(19,20)18-13-4-3-10(15)6-12(13)16/h3-7,18H,17H2,1-2H3. The van der Waals surface area contributed by atoms with Crippen molar-refractivity contribution < 1.29 is 12.8 Å². The summed E-state index contributed by atoms with van der Waals surface area (Å²) < 4.78 is 40.7. The maximum atomic E-state index is 13.7. The van der Waals surface area contributed by atoms with Crippen LogP contribution in [0.15, 0.2) is 35.2 Å². The highest BCUT2D eigenvalue weighted by Gasteiger charge is 2.20. The van der Waals surface area contributed by atoms with Crippen LogP contribution in [0.4, 0.5) is 15.8 Å². The number of rotatable bonds is 3. The minimum absolute atomic E-state index is 0.0225. The Hall–Kier alpha value is -1.79. The number of halogens is 2. The van der Waals surface area contributed by atoms with E-state index in [-0.39, 0.29) is 15.6 Å². The van der Waals surface area contributed by atoms with Gasteiger partial charge in [0.1, 0.15) is 5.82 Å². The van der Waals surface area contributed by atoms with Crippen LogP contribution in [0.2, 0.25) is 5.02 Å². The Bertz CT molecular complexity index is 807. The van der Waals surface area contributed by atoms with Gasteiger partial charge in [0.25, 0.3) is 10.0 Å². The highest BCUT2D eigenvalue weighted by Crippen LogP contribution is 2.26. The number of hydrogen-bond donors (Lipinski definition) is 2. The molecule has 2 aromatic carbocycles. The summed E-state index contributed by atoms with van der Waals surface area (Å²) in [6.07, 6.45) is 0. The van der Waals surface area contributed by atoms with Crippen molar-refractivity contribution in [3.63, 3.8) is 0 Å². The molecule has 0 saturated carbocycles. The van der Waals surface area contributed by atoms with Gasteiger partial charge in [0.2, 0.25) is 0 Å². The van der Waals surface area contributed by atoms with Crippen molar-refractivity contribution in [2.24, 2.45) is 0 Å². The van der Waals surface area contributed by atoms with Gasteiger partial charge in [0.05, 0.1) is 10.6 Å². The summed E-state index contributed by atoms with van der Waals surface area (Å²) in [7, 11) is -3.94. The Morgan fingerprint density at radius 1 is 1.19 bits per heavy atom. The van der Waals surface area contributed by atoms with Crippen LogP contribution in [-0.4, -0.2) is 8.42 Å². The molecule has 2 aromatic rings. The molecule has 21 heavy (non-hydrogen) atoms. The molecule has 4 nitrogen and oxygen atoms in total. The highest BCUT2D eigenvalue weighted by molar-refractivity contribution is 7.92. The minimum Gasteiger partial charge on any atom is -0.399 e. The van der Waals surface area contributed by atoms with E-state index in [1.807, 2.05) is 0 Å². The second-order valence-corrected chi connectivity index (χ2v) is 6.78. The van der Waals surface area contributed by atoms with Crippen LogP contribution in [0.5, 0.6) is 0 Å². The third kappa shape index (κ3) is 3.28. The molecule has 0 bridgehead atoms. The molecule has 0 atom stereocenters. The van der Waals surface area contributed by atoms with Gasteiger partial charge in [-0.05, 0) is 55.3 Å². The second-order valence-electron chi connectivity index (χ2n) is 4.69. The van der Waals surface area contributed by atoms with Crippen molar-refractivity contribution in [2.75, 3.05) is 10.5 Å². The van der Waals surface area contributed by atoms with Gasteiger partial charge in [-0.15, -0.1) is 0 Å². The fourth-order valence-electron chi connectivity index (χ4n) is 1.90. The zero-order chi connectivity index (χ0) is 15.8. The molecule has 0 unspecified atom stereocenters. The molecule has 112 valence electrons. The number of nitrogen functional groups attached to an aromatic ring is 1. The SMILES string of the molecule is Cc1cc(N)cc(S(=O)(=O)Nc2ccc(Cl)cc2F)c1C. The van der Waals surface area contributed by atoms with E-state index < -0.39 is 15.8 Å². The average molecular weight is 329 g/mol. The Morgan fingerprint density at radius 2 is 1.86 bits per heavy atom. The summed E-state index contributed by atoms with van der Waals surface area (Å²) in [6, 6.07) is 6.73. The maximum absolute atomic E-state index is 13.7. The van der Waals surface area contributed by atoms with Crippen LogP contribution in [0.3, 0.4) is 0 Å². The maximum Gasteiger partial charge on any atom is 0.262 e. The number of aryl methyl sites for hydroxylation is 1. The van der Waals surface area contributed by atoms with Crippen molar-refractivity contribution in [3.8, 4) is 0 Å². The summed E-state index contributed by atoms with van der Waals surface area (Å²) in [4.78, 5) is 0.0225. The van der Waals surface area contributed by atoms with Crippen LogP contribution in [0, 0.1) is 19.7 Å². The van der Waals surface area contributed by atoms with Crippen LogP contribution in [0.25, 0.3) is 0 Å². The quantitative estimate of drug-likeness (QED) is 0.847. The van der Waals surface area contributed by atoms with Gasteiger partial charge in [-0.25, -0.2) is 12.8 Å². The van der Waals surface area contributed by atoms with Crippen molar-refractivity contribution >= 4 is 33.0 Å². The molecule has 0 fully saturated rings. The smallest absolute Gasteiger partial charge is 0.262 e.